The number of carbonyl (C=O) groups excluding carboxylic acids is 1. The summed E-state index contributed by atoms with van der Waals surface area (Å²) in [5, 5.41) is 0. The Kier molecular flexibility index (Phi) is 4.79. The van der Waals surface area contributed by atoms with E-state index in [-0.39, 0.29) is 0 Å². The fourth-order valence-electron chi connectivity index (χ4n) is 2.14. The third-order valence-corrected chi connectivity index (χ3v) is 3.62. The number of methoxy groups -OCH3 is 1. The van der Waals surface area contributed by atoms with Crippen molar-refractivity contribution in [2.45, 2.75) is 6.54 Å². The summed E-state index contributed by atoms with van der Waals surface area (Å²) in [6, 6.07) is 13.6. The van der Waals surface area contributed by atoms with Crippen molar-refractivity contribution < 1.29 is 9.53 Å². The van der Waals surface area contributed by atoms with Crippen molar-refractivity contribution in [2.75, 3.05) is 19.1 Å². The molecule has 0 radical (unpaired) electrons. The van der Waals surface area contributed by atoms with E-state index < -0.39 is 0 Å². The number of benzene rings is 2. The highest BCUT2D eigenvalue weighted by molar-refractivity contribution is 9.10. The first-order valence-electron chi connectivity index (χ1n) is 6.23. The van der Waals surface area contributed by atoms with Gasteiger partial charge in [0.2, 0.25) is 0 Å². The van der Waals surface area contributed by atoms with Gasteiger partial charge in [0.1, 0.15) is 5.75 Å². The number of hydrogen-bond donors (Lipinski definition) is 0. The van der Waals surface area contributed by atoms with Crippen molar-refractivity contribution in [2.24, 2.45) is 0 Å². The lowest BCUT2D eigenvalue weighted by Gasteiger charge is -2.22. The maximum Gasteiger partial charge on any atom is 0.152 e. The largest absolute Gasteiger partial charge is 0.496 e. The summed E-state index contributed by atoms with van der Waals surface area (Å²) >= 11 is 3.38. The quantitative estimate of drug-likeness (QED) is 0.777. The summed E-state index contributed by atoms with van der Waals surface area (Å²) in [4.78, 5) is 13.2. The van der Waals surface area contributed by atoms with E-state index in [1.54, 1.807) is 7.11 Å². The van der Waals surface area contributed by atoms with Gasteiger partial charge in [-0.1, -0.05) is 34.1 Å². The third kappa shape index (κ3) is 3.20. The lowest BCUT2D eigenvalue weighted by atomic mass is 10.1. The highest BCUT2D eigenvalue weighted by Gasteiger charge is 2.10. The van der Waals surface area contributed by atoms with Crippen LogP contribution in [0.4, 0.5) is 5.69 Å². The van der Waals surface area contributed by atoms with Gasteiger partial charge in [-0.25, -0.2) is 0 Å². The van der Waals surface area contributed by atoms with Crippen molar-refractivity contribution in [3.05, 3.63) is 58.1 Å². The van der Waals surface area contributed by atoms with Gasteiger partial charge in [-0.3, -0.25) is 4.79 Å². The van der Waals surface area contributed by atoms with E-state index in [9.17, 15) is 4.79 Å². The SMILES string of the molecule is COc1ccccc1CN(C)c1ccc(Br)cc1C=O. The van der Waals surface area contributed by atoms with E-state index in [0.29, 0.717) is 12.1 Å². The lowest BCUT2D eigenvalue weighted by molar-refractivity contribution is 0.112. The molecule has 0 aliphatic rings. The first kappa shape index (κ1) is 14.6. The minimum Gasteiger partial charge on any atom is -0.496 e. The first-order valence-corrected chi connectivity index (χ1v) is 7.02. The van der Waals surface area contributed by atoms with Crippen molar-refractivity contribution >= 4 is 27.9 Å². The van der Waals surface area contributed by atoms with Crippen LogP contribution in [0.15, 0.2) is 46.9 Å². The number of nitrogens with zero attached hydrogens (tertiary/aromatic N) is 1. The van der Waals surface area contributed by atoms with Crippen molar-refractivity contribution in [3.63, 3.8) is 0 Å². The molecule has 0 aliphatic heterocycles. The van der Waals surface area contributed by atoms with Gasteiger partial charge in [-0.15, -0.1) is 0 Å². The van der Waals surface area contributed by atoms with Crippen molar-refractivity contribution in [1.29, 1.82) is 0 Å². The molecule has 0 amide bonds. The average molecular weight is 334 g/mol. The van der Waals surface area contributed by atoms with E-state index in [1.807, 2.05) is 54.4 Å². The topological polar surface area (TPSA) is 29.5 Å². The summed E-state index contributed by atoms with van der Waals surface area (Å²) in [5.74, 6) is 0.851. The minimum atomic E-state index is 0.664. The van der Waals surface area contributed by atoms with Crippen LogP contribution in [0.5, 0.6) is 5.75 Å². The number of para-hydroxylation sites is 1. The second-order valence-electron chi connectivity index (χ2n) is 4.49. The molecule has 0 spiro atoms. The Hall–Kier alpha value is -1.81. The van der Waals surface area contributed by atoms with Crippen LogP contribution in [-0.4, -0.2) is 20.4 Å². The normalized spacial score (nSPS) is 10.2. The molecule has 0 bridgehead atoms. The van der Waals surface area contributed by atoms with Gasteiger partial charge in [-0.05, 0) is 24.3 Å². The molecule has 0 heterocycles. The maximum absolute atomic E-state index is 11.2. The summed E-state index contributed by atoms with van der Waals surface area (Å²) < 4.78 is 6.25. The zero-order valence-electron chi connectivity index (χ0n) is 11.5. The number of carbonyl (C=O) groups is 1. The molecule has 3 nitrogen and oxygen atoms in total. The number of halogens is 1. The summed E-state index contributed by atoms with van der Waals surface area (Å²) in [6.45, 7) is 0.673. The van der Waals surface area contributed by atoms with Crippen LogP contribution in [-0.2, 0) is 6.54 Å². The van der Waals surface area contributed by atoms with Gasteiger partial charge in [0.05, 0.1) is 7.11 Å². The number of hydrogen-bond acceptors (Lipinski definition) is 3. The van der Waals surface area contributed by atoms with Crippen LogP contribution >= 0.6 is 15.9 Å². The molecule has 104 valence electrons. The molecule has 0 aliphatic carbocycles. The van der Waals surface area contributed by atoms with Gasteiger partial charge >= 0.3 is 0 Å². The molecule has 2 aromatic rings. The second kappa shape index (κ2) is 6.57. The van der Waals surface area contributed by atoms with E-state index >= 15 is 0 Å². The maximum atomic E-state index is 11.2. The highest BCUT2D eigenvalue weighted by Crippen LogP contribution is 2.26. The van der Waals surface area contributed by atoms with Gasteiger partial charge in [-0.2, -0.15) is 0 Å². The molecule has 0 aromatic heterocycles. The van der Waals surface area contributed by atoms with E-state index in [0.717, 1.165) is 27.8 Å². The standard InChI is InChI=1S/C16H16BrNO2/c1-18(10-12-5-3-4-6-16(12)20-2)15-8-7-14(17)9-13(15)11-19/h3-9,11H,10H2,1-2H3. The van der Waals surface area contributed by atoms with Gasteiger partial charge in [0.15, 0.2) is 6.29 Å². The van der Waals surface area contributed by atoms with E-state index in [4.69, 9.17) is 4.74 Å². The van der Waals surface area contributed by atoms with Gasteiger partial charge in [0.25, 0.3) is 0 Å². The fraction of sp³-hybridized carbons (Fsp3) is 0.188. The van der Waals surface area contributed by atoms with Crippen molar-refractivity contribution in [3.8, 4) is 5.75 Å². The highest BCUT2D eigenvalue weighted by atomic mass is 79.9. The molecule has 2 aromatic carbocycles. The average Bonchev–Trinajstić information content (AvgIpc) is 2.47. The molecule has 0 N–H and O–H groups in total. The zero-order valence-corrected chi connectivity index (χ0v) is 13.1. The lowest BCUT2D eigenvalue weighted by Crippen LogP contribution is -2.18. The van der Waals surface area contributed by atoms with E-state index in [2.05, 4.69) is 15.9 Å². The molecule has 2 rings (SSSR count). The molecular weight excluding hydrogens is 318 g/mol. The Balaban J connectivity index is 2.28. The van der Waals surface area contributed by atoms with Gasteiger partial charge < -0.3 is 9.64 Å². The van der Waals surface area contributed by atoms with Crippen LogP contribution in [0.2, 0.25) is 0 Å². The summed E-state index contributed by atoms with van der Waals surface area (Å²) in [7, 11) is 3.62. The Labute approximate surface area is 127 Å². The monoisotopic (exact) mass is 333 g/mol. The zero-order chi connectivity index (χ0) is 14.5. The minimum absolute atomic E-state index is 0.664. The molecule has 0 fully saturated rings. The van der Waals surface area contributed by atoms with Crippen LogP contribution < -0.4 is 9.64 Å². The first-order chi connectivity index (χ1) is 9.65. The molecule has 0 unspecified atom stereocenters. The Morgan fingerprint density at radius 1 is 1.25 bits per heavy atom. The number of anilines is 1. The van der Waals surface area contributed by atoms with Gasteiger partial charge in [0, 0.05) is 34.9 Å². The Bertz CT molecular complexity index is 613. The second-order valence-corrected chi connectivity index (χ2v) is 5.40. The predicted octanol–water partition coefficient (Wildman–Crippen LogP) is 3.91. The molecule has 20 heavy (non-hydrogen) atoms. The van der Waals surface area contributed by atoms with Crippen molar-refractivity contribution in [1.82, 2.24) is 0 Å². The Morgan fingerprint density at radius 3 is 2.70 bits per heavy atom. The number of aldehydes is 1. The predicted molar refractivity (Wildman–Crippen MR) is 84.6 cm³/mol. The summed E-state index contributed by atoms with van der Waals surface area (Å²) in [6.07, 6.45) is 0.874. The number of rotatable bonds is 5. The molecule has 0 saturated carbocycles. The number of ether oxygens (including phenoxy) is 1. The van der Waals surface area contributed by atoms with Crippen LogP contribution in [0.1, 0.15) is 15.9 Å². The summed E-state index contributed by atoms with van der Waals surface area (Å²) in [5.41, 5.74) is 2.64. The van der Waals surface area contributed by atoms with E-state index in [1.165, 1.54) is 0 Å². The smallest absolute Gasteiger partial charge is 0.152 e. The fourth-order valence-corrected chi connectivity index (χ4v) is 2.52. The Morgan fingerprint density at radius 2 is 2.00 bits per heavy atom. The van der Waals surface area contributed by atoms with Crippen LogP contribution in [0, 0.1) is 0 Å². The molecular formula is C16H16BrNO2. The van der Waals surface area contributed by atoms with Crippen LogP contribution in [0.3, 0.4) is 0 Å². The molecule has 0 atom stereocenters. The third-order valence-electron chi connectivity index (χ3n) is 3.13. The van der Waals surface area contributed by atoms with Crippen LogP contribution in [0.25, 0.3) is 0 Å². The molecule has 4 heteroatoms. The molecule has 0 saturated heterocycles.